The van der Waals surface area contributed by atoms with Crippen molar-refractivity contribution < 1.29 is 17.7 Å². The van der Waals surface area contributed by atoms with Crippen molar-refractivity contribution in [1.82, 2.24) is 15.0 Å². The number of hydrogen-bond acceptors (Lipinski definition) is 4. The Kier molecular flexibility index (Phi) is 6.29. The fraction of sp³-hybridized carbons (Fsp3) is 0.217. The highest BCUT2D eigenvalue weighted by Crippen LogP contribution is 2.37. The van der Waals surface area contributed by atoms with Crippen molar-refractivity contribution in [3.63, 3.8) is 0 Å². The van der Waals surface area contributed by atoms with Crippen LogP contribution >= 0.6 is 0 Å². The number of methoxy groups -OCH3 is 1. The van der Waals surface area contributed by atoms with Gasteiger partial charge in [0.05, 0.1) is 11.3 Å². The van der Waals surface area contributed by atoms with Gasteiger partial charge in [-0.25, -0.2) is 18.0 Å². The molecule has 0 aliphatic heterocycles. The van der Waals surface area contributed by atoms with Gasteiger partial charge in [-0.2, -0.15) is 0 Å². The van der Waals surface area contributed by atoms with Gasteiger partial charge in [0, 0.05) is 59.2 Å². The number of hydrogen-bond donors (Lipinski definition) is 2. The summed E-state index contributed by atoms with van der Waals surface area (Å²) in [4.78, 5) is 11.6. The molecule has 3 aromatic heterocycles. The Morgan fingerprint density at radius 2 is 1.97 bits per heavy atom. The van der Waals surface area contributed by atoms with E-state index in [1.807, 2.05) is 18.2 Å². The maximum atomic E-state index is 15.4. The minimum Gasteiger partial charge on any atom is -0.372 e. The molecule has 2 atom stereocenters. The van der Waals surface area contributed by atoms with Crippen LogP contribution < -0.4 is 4.72 Å². The van der Waals surface area contributed by atoms with Crippen LogP contribution in [0.15, 0.2) is 55.1 Å². The summed E-state index contributed by atoms with van der Waals surface area (Å²) in [7, 11) is -0.140. The van der Waals surface area contributed by atoms with Crippen molar-refractivity contribution in [3.05, 3.63) is 77.9 Å². The second kappa shape index (κ2) is 9.13. The highest BCUT2D eigenvalue weighted by molar-refractivity contribution is 7.86. The highest BCUT2D eigenvalue weighted by atomic mass is 32.2. The van der Waals surface area contributed by atoms with Crippen LogP contribution in [0.3, 0.4) is 0 Å². The van der Waals surface area contributed by atoms with Gasteiger partial charge in [0.2, 0.25) is 0 Å². The third-order valence-corrected chi connectivity index (χ3v) is 6.38. The Morgan fingerprint density at radius 1 is 1.16 bits per heavy atom. The first-order valence-electron chi connectivity index (χ1n) is 9.96. The average Bonchev–Trinajstić information content (AvgIpc) is 3.22. The summed E-state index contributed by atoms with van der Waals surface area (Å²) in [5.74, 6) is -1.61. The van der Waals surface area contributed by atoms with Gasteiger partial charge >= 0.3 is 0 Å². The molecule has 2 N–H and O–H groups in total. The Labute approximate surface area is 186 Å². The first-order valence-corrected chi connectivity index (χ1v) is 11.2. The molecule has 4 rings (SSSR count). The summed E-state index contributed by atoms with van der Waals surface area (Å²) in [5.41, 5.74) is 2.44. The first kappa shape index (κ1) is 22.0. The van der Waals surface area contributed by atoms with Crippen molar-refractivity contribution in [2.24, 2.45) is 0 Å². The number of anilines is 1. The predicted molar refractivity (Wildman–Crippen MR) is 121 cm³/mol. The van der Waals surface area contributed by atoms with Crippen LogP contribution in [0.25, 0.3) is 22.2 Å². The van der Waals surface area contributed by atoms with E-state index in [1.165, 1.54) is 13.2 Å². The Morgan fingerprint density at radius 3 is 2.66 bits per heavy atom. The predicted octanol–water partition coefficient (Wildman–Crippen LogP) is 5.12. The van der Waals surface area contributed by atoms with Gasteiger partial charge in [-0.1, -0.05) is 6.07 Å². The van der Waals surface area contributed by atoms with Gasteiger partial charge in [0.1, 0.15) is 28.6 Å². The van der Waals surface area contributed by atoms with E-state index < -0.39 is 28.7 Å². The second-order valence-corrected chi connectivity index (χ2v) is 9.23. The average molecular weight is 457 g/mol. The minimum atomic E-state index is -1.52. The third kappa shape index (κ3) is 4.13. The van der Waals surface area contributed by atoms with Crippen LogP contribution in [0.4, 0.5) is 14.5 Å². The van der Waals surface area contributed by atoms with Crippen molar-refractivity contribution in [1.29, 1.82) is 0 Å². The number of fused-ring (bicyclic) bond motifs is 1. The van der Waals surface area contributed by atoms with Crippen LogP contribution in [0, 0.1) is 11.6 Å². The molecule has 1 aromatic carbocycles. The zero-order valence-corrected chi connectivity index (χ0v) is 18.5. The smallest absolute Gasteiger partial charge is 0.156 e. The number of H-pyrrole nitrogens is 1. The lowest BCUT2D eigenvalue weighted by atomic mass is 9.98. The number of rotatable bonds is 7. The van der Waals surface area contributed by atoms with Gasteiger partial charge in [0.25, 0.3) is 0 Å². The van der Waals surface area contributed by atoms with Gasteiger partial charge in [-0.3, -0.25) is 4.98 Å². The number of halogens is 2. The van der Waals surface area contributed by atoms with Crippen LogP contribution in [0.2, 0.25) is 0 Å². The van der Waals surface area contributed by atoms with Crippen molar-refractivity contribution >= 4 is 27.7 Å². The van der Waals surface area contributed by atoms with Crippen molar-refractivity contribution in [2.45, 2.75) is 25.2 Å². The van der Waals surface area contributed by atoms with Crippen LogP contribution in [-0.4, -0.2) is 31.5 Å². The Hall–Kier alpha value is -3.17. The monoisotopic (exact) mass is 456 g/mol. The largest absolute Gasteiger partial charge is 0.372 e. The molecule has 9 heteroatoms. The fourth-order valence-electron chi connectivity index (χ4n) is 3.45. The van der Waals surface area contributed by atoms with Crippen molar-refractivity contribution in [3.8, 4) is 11.1 Å². The van der Waals surface area contributed by atoms with Gasteiger partial charge in [-0.05, 0) is 38.1 Å². The molecule has 0 bridgehead atoms. The lowest BCUT2D eigenvalue weighted by Gasteiger charge is -2.19. The molecule has 0 radical (unpaired) electrons. The van der Waals surface area contributed by atoms with E-state index in [-0.39, 0.29) is 16.5 Å². The summed E-state index contributed by atoms with van der Waals surface area (Å²) in [6.07, 6.45) is 5.67. The molecule has 32 heavy (non-hydrogen) atoms. The fourth-order valence-corrected chi connectivity index (χ4v) is 4.06. The van der Waals surface area contributed by atoms with E-state index in [4.69, 9.17) is 4.74 Å². The number of nitrogens with zero attached hydrogens (tertiary/aromatic N) is 2. The minimum absolute atomic E-state index is 0.0514. The number of aromatic nitrogens is 3. The highest BCUT2D eigenvalue weighted by Gasteiger charge is 2.27. The first-order chi connectivity index (χ1) is 15.4. The molecule has 2 unspecified atom stereocenters. The molecule has 0 saturated carbocycles. The quantitative estimate of drug-likeness (QED) is 0.404. The molecule has 3 heterocycles. The number of nitrogens with one attached hydrogen (secondary N) is 2. The molecular formula is C23H22F2N4O2S. The molecule has 0 saturated heterocycles. The van der Waals surface area contributed by atoms with E-state index in [0.717, 1.165) is 17.2 Å². The zero-order chi connectivity index (χ0) is 22.8. The van der Waals surface area contributed by atoms with Crippen LogP contribution in [0.1, 0.15) is 31.1 Å². The second-order valence-electron chi connectivity index (χ2n) is 7.49. The number of ether oxygens (including phenoxy) is 1. The molecule has 6 nitrogen and oxygen atoms in total. The maximum absolute atomic E-state index is 15.4. The third-order valence-electron chi connectivity index (χ3n) is 5.10. The Balaban J connectivity index is 1.81. The molecule has 0 aliphatic rings. The molecule has 166 valence electrons. The SMILES string of the molecule is COC(c1c(F)ccc(NS(=O)C(C)C)c1F)c1c[nH]c2ncc(-c3cccnc3)cc12. The van der Waals surface area contributed by atoms with Gasteiger partial charge < -0.3 is 14.4 Å². The van der Waals surface area contributed by atoms with E-state index >= 15 is 4.39 Å². The molecule has 0 aliphatic carbocycles. The standard InChI is InChI=1S/C23H22F2N4O2S/c1-13(2)32(30)29-19-7-6-18(24)20(21(19)25)22(31-3)17-12-28-23-16(17)9-15(11-27-23)14-5-4-8-26-10-14/h4-13,22,29H,1-3H3,(H,27,28). The summed E-state index contributed by atoms with van der Waals surface area (Å²) in [6, 6.07) is 7.97. The summed E-state index contributed by atoms with van der Waals surface area (Å²) in [6.45, 7) is 3.48. The normalized spacial score (nSPS) is 13.4. The van der Waals surface area contributed by atoms with Gasteiger partial charge in [-0.15, -0.1) is 0 Å². The Bertz CT molecular complexity index is 1280. The molecule has 4 aromatic rings. The van der Waals surface area contributed by atoms with E-state index in [9.17, 15) is 8.60 Å². The summed E-state index contributed by atoms with van der Waals surface area (Å²) in [5, 5.41) is 0.424. The topological polar surface area (TPSA) is 79.9 Å². The lowest BCUT2D eigenvalue weighted by Crippen LogP contribution is -2.17. The number of pyridine rings is 2. The zero-order valence-electron chi connectivity index (χ0n) is 17.7. The number of benzene rings is 1. The molecular weight excluding hydrogens is 434 g/mol. The van der Waals surface area contributed by atoms with Crippen molar-refractivity contribution in [2.75, 3.05) is 11.8 Å². The molecule has 0 fully saturated rings. The van der Waals surface area contributed by atoms with Gasteiger partial charge in [0.15, 0.2) is 5.82 Å². The van der Waals surface area contributed by atoms with Crippen LogP contribution in [0.5, 0.6) is 0 Å². The molecule has 0 spiro atoms. The maximum Gasteiger partial charge on any atom is 0.156 e. The van der Waals surface area contributed by atoms with E-state index in [2.05, 4.69) is 19.7 Å². The summed E-state index contributed by atoms with van der Waals surface area (Å²) < 4.78 is 50.6. The summed E-state index contributed by atoms with van der Waals surface area (Å²) >= 11 is 0. The molecule has 0 amide bonds. The van der Waals surface area contributed by atoms with E-state index in [0.29, 0.717) is 16.6 Å². The van der Waals surface area contributed by atoms with E-state index in [1.54, 1.807) is 38.6 Å². The van der Waals surface area contributed by atoms with Crippen LogP contribution in [-0.2, 0) is 15.7 Å². The number of aromatic amines is 1. The lowest BCUT2D eigenvalue weighted by molar-refractivity contribution is 0.130.